The number of benzene rings is 2. The van der Waals surface area contributed by atoms with Crippen molar-refractivity contribution in [3.8, 4) is 0 Å². The van der Waals surface area contributed by atoms with Gasteiger partial charge in [-0.3, -0.25) is 4.79 Å². The van der Waals surface area contributed by atoms with Crippen molar-refractivity contribution in [2.75, 3.05) is 13.1 Å². The van der Waals surface area contributed by atoms with Crippen LogP contribution in [0.4, 0.5) is 0 Å². The molecule has 21 heavy (non-hydrogen) atoms. The standard InChI is InChI=1S/C17H19ClN2O/c18-16-7-3-14(4-8-16)10-12-20-17(21)15-5-1-13(2-6-15)9-11-19/h1-8H,9-12,19H2,(H,20,21). The monoisotopic (exact) mass is 302 g/mol. The second-order valence-corrected chi connectivity index (χ2v) is 5.30. The molecule has 2 aromatic rings. The van der Waals surface area contributed by atoms with Gasteiger partial charge in [0.05, 0.1) is 0 Å². The normalized spacial score (nSPS) is 10.4. The van der Waals surface area contributed by atoms with Gasteiger partial charge in [-0.2, -0.15) is 0 Å². The highest BCUT2D eigenvalue weighted by Gasteiger charge is 2.04. The molecule has 0 radical (unpaired) electrons. The van der Waals surface area contributed by atoms with E-state index in [-0.39, 0.29) is 5.91 Å². The Labute approximate surface area is 130 Å². The quantitative estimate of drug-likeness (QED) is 0.862. The molecule has 0 aliphatic carbocycles. The molecule has 0 fully saturated rings. The Kier molecular flexibility index (Phi) is 5.78. The van der Waals surface area contributed by atoms with Crippen molar-refractivity contribution in [1.29, 1.82) is 0 Å². The van der Waals surface area contributed by atoms with Crippen LogP contribution in [-0.2, 0) is 12.8 Å². The summed E-state index contributed by atoms with van der Waals surface area (Å²) in [5, 5.41) is 3.64. The zero-order chi connectivity index (χ0) is 15.1. The van der Waals surface area contributed by atoms with Crippen LogP contribution in [0.5, 0.6) is 0 Å². The average Bonchev–Trinajstić information content (AvgIpc) is 2.50. The van der Waals surface area contributed by atoms with Crippen LogP contribution in [0.1, 0.15) is 21.5 Å². The van der Waals surface area contributed by atoms with Gasteiger partial charge >= 0.3 is 0 Å². The molecule has 0 heterocycles. The summed E-state index contributed by atoms with van der Waals surface area (Å²) in [4.78, 5) is 12.0. The third-order valence-corrected chi connectivity index (χ3v) is 3.51. The SMILES string of the molecule is NCCc1ccc(C(=O)NCCc2ccc(Cl)cc2)cc1. The molecule has 0 unspecified atom stereocenters. The van der Waals surface area contributed by atoms with E-state index in [1.54, 1.807) is 0 Å². The third kappa shape index (κ3) is 4.88. The van der Waals surface area contributed by atoms with E-state index in [0.717, 1.165) is 29.0 Å². The van der Waals surface area contributed by atoms with E-state index in [0.29, 0.717) is 18.7 Å². The van der Waals surface area contributed by atoms with E-state index in [1.165, 1.54) is 0 Å². The predicted molar refractivity (Wildman–Crippen MR) is 86.7 cm³/mol. The Hall–Kier alpha value is -1.84. The number of nitrogens with two attached hydrogens (primary N) is 1. The molecule has 4 heteroatoms. The van der Waals surface area contributed by atoms with E-state index in [2.05, 4.69) is 5.32 Å². The van der Waals surface area contributed by atoms with Crippen molar-refractivity contribution >= 4 is 17.5 Å². The molecule has 1 amide bonds. The van der Waals surface area contributed by atoms with Crippen molar-refractivity contribution in [1.82, 2.24) is 5.32 Å². The molecule has 0 bridgehead atoms. The van der Waals surface area contributed by atoms with E-state index in [1.807, 2.05) is 48.5 Å². The highest BCUT2D eigenvalue weighted by Crippen LogP contribution is 2.10. The number of nitrogens with one attached hydrogen (secondary N) is 1. The smallest absolute Gasteiger partial charge is 0.251 e. The molecular weight excluding hydrogens is 284 g/mol. The summed E-state index contributed by atoms with van der Waals surface area (Å²) in [6.07, 6.45) is 1.62. The van der Waals surface area contributed by atoms with Crippen LogP contribution in [0.25, 0.3) is 0 Å². The van der Waals surface area contributed by atoms with Crippen molar-refractivity contribution < 1.29 is 4.79 Å². The van der Waals surface area contributed by atoms with Crippen molar-refractivity contribution in [3.05, 3.63) is 70.2 Å². The van der Waals surface area contributed by atoms with Crippen molar-refractivity contribution in [2.24, 2.45) is 5.73 Å². The summed E-state index contributed by atoms with van der Waals surface area (Å²) in [5.41, 5.74) is 8.47. The summed E-state index contributed by atoms with van der Waals surface area (Å²) < 4.78 is 0. The molecule has 0 aliphatic heterocycles. The Morgan fingerprint density at radius 2 is 1.52 bits per heavy atom. The van der Waals surface area contributed by atoms with Gasteiger partial charge in [-0.25, -0.2) is 0 Å². The van der Waals surface area contributed by atoms with Gasteiger partial charge in [0.2, 0.25) is 0 Å². The van der Waals surface area contributed by atoms with Crippen LogP contribution in [0.15, 0.2) is 48.5 Å². The zero-order valence-electron chi connectivity index (χ0n) is 11.8. The fourth-order valence-electron chi connectivity index (χ4n) is 2.06. The Balaban J connectivity index is 1.82. The number of carbonyl (C=O) groups is 1. The average molecular weight is 303 g/mol. The lowest BCUT2D eigenvalue weighted by Crippen LogP contribution is -2.25. The maximum atomic E-state index is 12.0. The minimum atomic E-state index is -0.0525. The Morgan fingerprint density at radius 3 is 2.14 bits per heavy atom. The number of hydrogen-bond donors (Lipinski definition) is 2. The number of amides is 1. The maximum Gasteiger partial charge on any atom is 0.251 e. The maximum absolute atomic E-state index is 12.0. The van der Waals surface area contributed by atoms with Gasteiger partial charge in [0.25, 0.3) is 5.91 Å². The van der Waals surface area contributed by atoms with Gasteiger partial charge in [-0.15, -0.1) is 0 Å². The van der Waals surface area contributed by atoms with E-state index in [4.69, 9.17) is 17.3 Å². The van der Waals surface area contributed by atoms with Gasteiger partial charge in [0.1, 0.15) is 0 Å². The van der Waals surface area contributed by atoms with Crippen LogP contribution >= 0.6 is 11.6 Å². The first kappa shape index (κ1) is 15.5. The molecular formula is C17H19ClN2O. The summed E-state index contributed by atoms with van der Waals surface area (Å²) in [7, 11) is 0. The summed E-state index contributed by atoms with van der Waals surface area (Å²) in [6.45, 7) is 1.22. The van der Waals surface area contributed by atoms with Gasteiger partial charge in [-0.1, -0.05) is 35.9 Å². The third-order valence-electron chi connectivity index (χ3n) is 3.26. The van der Waals surface area contributed by atoms with Gasteiger partial charge in [0, 0.05) is 17.1 Å². The summed E-state index contributed by atoms with van der Waals surface area (Å²) in [5.74, 6) is -0.0525. The lowest BCUT2D eigenvalue weighted by atomic mass is 10.1. The fourth-order valence-corrected chi connectivity index (χ4v) is 2.19. The number of rotatable bonds is 6. The van der Waals surface area contributed by atoms with E-state index >= 15 is 0 Å². The highest BCUT2D eigenvalue weighted by atomic mass is 35.5. The fraction of sp³-hybridized carbons (Fsp3) is 0.235. The largest absolute Gasteiger partial charge is 0.352 e. The predicted octanol–water partition coefficient (Wildman–Crippen LogP) is 2.81. The van der Waals surface area contributed by atoms with Gasteiger partial charge in [-0.05, 0) is 54.8 Å². The molecule has 0 aromatic heterocycles. The van der Waals surface area contributed by atoms with Crippen LogP contribution < -0.4 is 11.1 Å². The number of carbonyl (C=O) groups excluding carboxylic acids is 1. The minimum absolute atomic E-state index is 0.0525. The van der Waals surface area contributed by atoms with Crippen LogP contribution in [0, 0.1) is 0 Å². The van der Waals surface area contributed by atoms with Crippen LogP contribution in [-0.4, -0.2) is 19.0 Å². The summed E-state index contributed by atoms with van der Waals surface area (Å²) >= 11 is 5.83. The first-order valence-electron chi connectivity index (χ1n) is 7.00. The minimum Gasteiger partial charge on any atom is -0.352 e. The van der Waals surface area contributed by atoms with E-state index in [9.17, 15) is 4.79 Å². The molecule has 2 rings (SSSR count). The lowest BCUT2D eigenvalue weighted by molar-refractivity contribution is 0.0954. The number of halogens is 1. The Bertz CT molecular complexity index is 579. The van der Waals surface area contributed by atoms with Crippen molar-refractivity contribution in [2.45, 2.75) is 12.8 Å². The molecule has 3 N–H and O–H groups in total. The molecule has 0 saturated heterocycles. The van der Waals surface area contributed by atoms with Gasteiger partial charge in [0.15, 0.2) is 0 Å². The lowest BCUT2D eigenvalue weighted by Gasteiger charge is -2.06. The zero-order valence-corrected chi connectivity index (χ0v) is 12.6. The van der Waals surface area contributed by atoms with Gasteiger partial charge < -0.3 is 11.1 Å². The molecule has 110 valence electrons. The molecule has 0 aliphatic rings. The highest BCUT2D eigenvalue weighted by molar-refractivity contribution is 6.30. The molecule has 3 nitrogen and oxygen atoms in total. The topological polar surface area (TPSA) is 55.1 Å². The molecule has 2 aromatic carbocycles. The van der Waals surface area contributed by atoms with Crippen LogP contribution in [0.3, 0.4) is 0 Å². The first-order valence-corrected chi connectivity index (χ1v) is 7.38. The number of hydrogen-bond acceptors (Lipinski definition) is 2. The van der Waals surface area contributed by atoms with E-state index < -0.39 is 0 Å². The molecule has 0 atom stereocenters. The second kappa shape index (κ2) is 7.81. The van der Waals surface area contributed by atoms with Crippen molar-refractivity contribution in [3.63, 3.8) is 0 Å². The molecule has 0 spiro atoms. The summed E-state index contributed by atoms with van der Waals surface area (Å²) in [6, 6.07) is 15.2. The first-order chi connectivity index (χ1) is 10.2. The molecule has 0 saturated carbocycles. The second-order valence-electron chi connectivity index (χ2n) is 4.87. The van der Waals surface area contributed by atoms with Crippen LogP contribution in [0.2, 0.25) is 5.02 Å². The Morgan fingerprint density at radius 1 is 0.952 bits per heavy atom.